The summed E-state index contributed by atoms with van der Waals surface area (Å²) in [6, 6.07) is 7.08. The SMILES string of the molecule is Cc1cnc(C2CCOCC2)n1CCNC(=O)Cn1c(=O)oc2ccccc21. The Bertz CT molecular complexity index is 1030. The molecule has 1 aliphatic heterocycles. The summed E-state index contributed by atoms with van der Waals surface area (Å²) in [5, 5.41) is 2.89. The third kappa shape index (κ3) is 3.73. The molecule has 0 aliphatic carbocycles. The highest BCUT2D eigenvalue weighted by Crippen LogP contribution is 2.26. The third-order valence-corrected chi connectivity index (χ3v) is 5.21. The highest BCUT2D eigenvalue weighted by atomic mass is 16.5. The normalized spacial score (nSPS) is 15.2. The first-order valence-electron chi connectivity index (χ1n) is 9.58. The molecule has 148 valence electrons. The molecule has 1 aliphatic rings. The molecule has 0 saturated carbocycles. The molecule has 0 spiro atoms. The van der Waals surface area contributed by atoms with Crippen LogP contribution in [0.2, 0.25) is 0 Å². The van der Waals surface area contributed by atoms with Gasteiger partial charge in [-0.3, -0.25) is 9.36 Å². The van der Waals surface area contributed by atoms with Crippen LogP contribution in [0.4, 0.5) is 0 Å². The number of aromatic nitrogens is 3. The fourth-order valence-corrected chi connectivity index (χ4v) is 3.72. The molecule has 4 rings (SSSR count). The van der Waals surface area contributed by atoms with Gasteiger partial charge in [0.05, 0.1) is 5.52 Å². The van der Waals surface area contributed by atoms with E-state index in [-0.39, 0.29) is 12.5 Å². The second kappa shape index (κ2) is 8.02. The van der Waals surface area contributed by atoms with Crippen molar-refractivity contribution in [2.75, 3.05) is 19.8 Å². The molecule has 0 bridgehead atoms. The van der Waals surface area contributed by atoms with Crippen molar-refractivity contribution in [1.29, 1.82) is 0 Å². The largest absolute Gasteiger partial charge is 0.420 e. The molecule has 28 heavy (non-hydrogen) atoms. The summed E-state index contributed by atoms with van der Waals surface area (Å²) in [6.07, 6.45) is 3.82. The highest BCUT2D eigenvalue weighted by Gasteiger charge is 2.21. The zero-order valence-corrected chi connectivity index (χ0v) is 15.9. The Labute approximate surface area is 162 Å². The van der Waals surface area contributed by atoms with Crippen molar-refractivity contribution in [2.24, 2.45) is 0 Å². The Morgan fingerprint density at radius 3 is 2.86 bits per heavy atom. The monoisotopic (exact) mass is 384 g/mol. The number of benzene rings is 1. The minimum absolute atomic E-state index is 0.0639. The van der Waals surface area contributed by atoms with Gasteiger partial charge in [-0.05, 0) is 31.9 Å². The first kappa shape index (κ1) is 18.5. The van der Waals surface area contributed by atoms with Crippen molar-refractivity contribution in [1.82, 2.24) is 19.4 Å². The van der Waals surface area contributed by atoms with Gasteiger partial charge in [-0.15, -0.1) is 0 Å². The standard InChI is InChI=1S/C20H24N4O4/c1-14-12-22-19(15-6-10-27-11-7-15)23(14)9-8-21-18(25)13-24-16-4-2-3-5-17(16)28-20(24)26/h2-5,12,15H,6-11,13H2,1H3,(H,21,25). The molecule has 1 amide bonds. The number of carbonyl (C=O) groups excluding carboxylic acids is 1. The van der Waals surface area contributed by atoms with Crippen molar-refractivity contribution in [2.45, 2.75) is 38.8 Å². The minimum atomic E-state index is -0.524. The quantitative estimate of drug-likeness (QED) is 0.700. The topological polar surface area (TPSA) is 91.3 Å². The first-order valence-corrected chi connectivity index (χ1v) is 9.58. The average molecular weight is 384 g/mol. The summed E-state index contributed by atoms with van der Waals surface area (Å²) in [6.45, 7) is 4.60. The van der Waals surface area contributed by atoms with Gasteiger partial charge in [0.2, 0.25) is 5.91 Å². The Morgan fingerprint density at radius 1 is 1.25 bits per heavy atom. The van der Waals surface area contributed by atoms with E-state index in [9.17, 15) is 9.59 Å². The molecule has 3 heterocycles. The Morgan fingerprint density at radius 2 is 2.04 bits per heavy atom. The van der Waals surface area contributed by atoms with Crippen LogP contribution in [0.15, 0.2) is 39.7 Å². The lowest BCUT2D eigenvalue weighted by atomic mass is 9.99. The van der Waals surface area contributed by atoms with Gasteiger partial charge >= 0.3 is 5.76 Å². The van der Waals surface area contributed by atoms with E-state index in [1.54, 1.807) is 18.2 Å². The number of ether oxygens (including phenoxy) is 1. The van der Waals surface area contributed by atoms with Gasteiger partial charge in [0, 0.05) is 44.1 Å². The summed E-state index contributed by atoms with van der Waals surface area (Å²) in [5.41, 5.74) is 2.18. The maximum atomic E-state index is 12.4. The van der Waals surface area contributed by atoms with Crippen molar-refractivity contribution in [3.8, 4) is 0 Å². The van der Waals surface area contributed by atoms with E-state index in [1.165, 1.54) is 4.57 Å². The lowest BCUT2D eigenvalue weighted by molar-refractivity contribution is -0.121. The molecule has 1 saturated heterocycles. The summed E-state index contributed by atoms with van der Waals surface area (Å²) in [4.78, 5) is 28.9. The summed E-state index contributed by atoms with van der Waals surface area (Å²) >= 11 is 0. The number of oxazole rings is 1. The maximum Gasteiger partial charge on any atom is 0.420 e. The predicted molar refractivity (Wildman–Crippen MR) is 103 cm³/mol. The van der Waals surface area contributed by atoms with Gasteiger partial charge in [-0.1, -0.05) is 12.1 Å². The maximum absolute atomic E-state index is 12.4. The van der Waals surface area contributed by atoms with Gasteiger partial charge in [0.25, 0.3) is 0 Å². The molecule has 2 aromatic heterocycles. The first-order chi connectivity index (χ1) is 13.6. The number of rotatable bonds is 6. The number of fused-ring (bicyclic) bond motifs is 1. The predicted octanol–water partition coefficient (Wildman–Crippen LogP) is 1.81. The zero-order valence-electron chi connectivity index (χ0n) is 15.9. The second-order valence-electron chi connectivity index (χ2n) is 7.07. The van der Waals surface area contributed by atoms with Crippen LogP contribution >= 0.6 is 0 Å². The van der Waals surface area contributed by atoms with Crippen LogP contribution in [0.1, 0.15) is 30.3 Å². The zero-order chi connectivity index (χ0) is 19.5. The van der Waals surface area contributed by atoms with Gasteiger partial charge in [-0.25, -0.2) is 9.78 Å². The number of para-hydroxylation sites is 2. The molecule has 1 N–H and O–H groups in total. The highest BCUT2D eigenvalue weighted by molar-refractivity contribution is 5.79. The molecule has 8 nitrogen and oxygen atoms in total. The molecular weight excluding hydrogens is 360 g/mol. The van der Waals surface area contributed by atoms with Crippen LogP contribution in [0.3, 0.4) is 0 Å². The molecule has 0 radical (unpaired) electrons. The number of nitrogens with one attached hydrogen (secondary N) is 1. The Balaban J connectivity index is 1.38. The second-order valence-corrected chi connectivity index (χ2v) is 7.07. The average Bonchev–Trinajstić information content (AvgIpc) is 3.23. The number of amides is 1. The van der Waals surface area contributed by atoms with Crippen LogP contribution in [-0.2, 0) is 22.6 Å². The van der Waals surface area contributed by atoms with E-state index in [1.807, 2.05) is 19.2 Å². The summed E-state index contributed by atoms with van der Waals surface area (Å²) in [5.74, 6) is 0.712. The fourth-order valence-electron chi connectivity index (χ4n) is 3.72. The van der Waals surface area contributed by atoms with E-state index in [2.05, 4.69) is 14.9 Å². The number of hydrogen-bond donors (Lipinski definition) is 1. The summed E-state index contributed by atoms with van der Waals surface area (Å²) < 4.78 is 14.1. The van der Waals surface area contributed by atoms with Crippen LogP contribution in [0.5, 0.6) is 0 Å². The number of nitrogens with zero attached hydrogens (tertiary/aromatic N) is 3. The number of hydrogen-bond acceptors (Lipinski definition) is 5. The molecular formula is C20H24N4O4. The smallest absolute Gasteiger partial charge is 0.408 e. The summed E-state index contributed by atoms with van der Waals surface area (Å²) in [7, 11) is 0. The van der Waals surface area contributed by atoms with Crippen molar-refractivity contribution >= 4 is 17.0 Å². The minimum Gasteiger partial charge on any atom is -0.408 e. The molecule has 1 fully saturated rings. The number of imidazole rings is 1. The van der Waals surface area contributed by atoms with Crippen molar-refractivity contribution in [3.05, 3.63) is 52.5 Å². The lowest BCUT2D eigenvalue weighted by Crippen LogP contribution is -2.33. The van der Waals surface area contributed by atoms with E-state index < -0.39 is 5.76 Å². The van der Waals surface area contributed by atoms with Gasteiger partial charge in [0.15, 0.2) is 5.58 Å². The van der Waals surface area contributed by atoms with Crippen LogP contribution in [-0.4, -0.2) is 39.8 Å². The van der Waals surface area contributed by atoms with Crippen LogP contribution in [0.25, 0.3) is 11.1 Å². The number of aryl methyl sites for hydroxylation is 1. The van der Waals surface area contributed by atoms with E-state index in [0.29, 0.717) is 30.1 Å². The van der Waals surface area contributed by atoms with Crippen LogP contribution in [0, 0.1) is 6.92 Å². The van der Waals surface area contributed by atoms with Crippen molar-refractivity contribution < 1.29 is 13.9 Å². The fraction of sp³-hybridized carbons (Fsp3) is 0.450. The van der Waals surface area contributed by atoms with E-state index in [4.69, 9.17) is 9.15 Å². The van der Waals surface area contributed by atoms with E-state index >= 15 is 0 Å². The van der Waals surface area contributed by atoms with Crippen molar-refractivity contribution in [3.63, 3.8) is 0 Å². The molecule has 1 aromatic carbocycles. The molecule has 3 aromatic rings. The van der Waals surface area contributed by atoms with E-state index in [0.717, 1.165) is 37.6 Å². The molecule has 8 heteroatoms. The molecule has 0 atom stereocenters. The van der Waals surface area contributed by atoms with Gasteiger partial charge in [0.1, 0.15) is 12.4 Å². The van der Waals surface area contributed by atoms with Gasteiger partial charge < -0.3 is 19.0 Å². The van der Waals surface area contributed by atoms with Crippen LogP contribution < -0.4 is 11.1 Å². The number of carbonyl (C=O) groups is 1. The van der Waals surface area contributed by atoms with Gasteiger partial charge in [-0.2, -0.15) is 0 Å². The Hall–Kier alpha value is -2.87. The lowest BCUT2D eigenvalue weighted by Gasteiger charge is -2.23. The molecule has 0 unspecified atom stereocenters. The Kier molecular flexibility index (Phi) is 5.29. The third-order valence-electron chi connectivity index (χ3n) is 5.21.